The summed E-state index contributed by atoms with van der Waals surface area (Å²) in [5.74, 6) is -14.8. The highest BCUT2D eigenvalue weighted by molar-refractivity contribution is 7.95. The van der Waals surface area contributed by atoms with Crippen LogP contribution in [0.3, 0.4) is 0 Å². The molecule has 6 nitrogen and oxygen atoms in total. The average Bonchev–Trinajstić information content (AvgIpc) is 2.65. The van der Waals surface area contributed by atoms with Crippen molar-refractivity contribution >= 4 is 37.5 Å². The zero-order valence-corrected chi connectivity index (χ0v) is 17.8. The van der Waals surface area contributed by atoms with Crippen LogP contribution in [-0.2, 0) is 21.0 Å². The van der Waals surface area contributed by atoms with Gasteiger partial charge in [0.25, 0.3) is 5.69 Å². The minimum Gasteiger partial charge on any atom is -0.743 e. The van der Waals surface area contributed by atoms with E-state index < -0.39 is 33.4 Å². The maximum absolute atomic E-state index is 12.2. The number of fused-ring (bicyclic) bond motifs is 1. The van der Waals surface area contributed by atoms with Crippen molar-refractivity contribution in [2.24, 2.45) is 0 Å². The van der Waals surface area contributed by atoms with Gasteiger partial charge in [0.15, 0.2) is 15.0 Å². The number of hydrogen-bond acceptors (Lipinski definition) is 5. The molecular formula is C16H12F9NO5S2. The lowest BCUT2D eigenvalue weighted by Crippen LogP contribution is -2.63. The second-order valence-corrected chi connectivity index (χ2v) is 9.81. The predicted molar refractivity (Wildman–Crippen MR) is 98.7 cm³/mol. The summed E-state index contributed by atoms with van der Waals surface area (Å²) in [5.41, 5.74) is 0.185. The van der Waals surface area contributed by atoms with Crippen LogP contribution in [-0.4, -0.2) is 53.7 Å². The van der Waals surface area contributed by atoms with Gasteiger partial charge >= 0.3 is 23.3 Å². The largest absolute Gasteiger partial charge is 0.743 e. The third-order valence-electron chi connectivity index (χ3n) is 3.93. The Hall–Kier alpha value is -2.27. The third-order valence-corrected chi connectivity index (χ3v) is 6.05. The van der Waals surface area contributed by atoms with E-state index in [-0.39, 0.29) is 21.5 Å². The molecular weight excluding hydrogens is 521 g/mol. The van der Waals surface area contributed by atoms with E-state index in [9.17, 15) is 62.6 Å². The van der Waals surface area contributed by atoms with Gasteiger partial charge in [0.2, 0.25) is 0 Å². The number of benzene rings is 2. The molecule has 0 radical (unpaired) electrons. The molecule has 0 aliphatic rings. The van der Waals surface area contributed by atoms with Crippen molar-refractivity contribution in [2.75, 3.05) is 12.5 Å². The molecule has 0 spiro atoms. The van der Waals surface area contributed by atoms with Crippen molar-refractivity contribution in [1.29, 1.82) is 0 Å². The topological polar surface area (TPSA) is 100 Å². The Kier molecular flexibility index (Phi) is 7.99. The lowest BCUT2D eigenvalue weighted by molar-refractivity contribution is -0.383. The molecule has 0 aliphatic heterocycles. The molecule has 0 aliphatic carbocycles. The Bertz CT molecular complexity index is 1130. The molecule has 186 valence electrons. The molecule has 0 saturated carbocycles. The van der Waals surface area contributed by atoms with Gasteiger partial charge in [-0.1, -0.05) is 12.1 Å². The summed E-state index contributed by atoms with van der Waals surface area (Å²) >= 11 is 0. The SMILES string of the molecule is C[S+](C)c1ccc([N+](=O)[O-])c2ccccc12.O=S(=O)([O-])C(F)(F)C(F)(F)C(F)(F)C(F)(F)F. The van der Waals surface area contributed by atoms with E-state index in [1.807, 2.05) is 30.3 Å². The molecule has 2 aromatic rings. The summed E-state index contributed by atoms with van der Waals surface area (Å²) in [6.07, 6.45) is -2.92. The van der Waals surface area contributed by atoms with Gasteiger partial charge in [-0.2, -0.15) is 39.5 Å². The molecule has 2 aromatic carbocycles. The van der Waals surface area contributed by atoms with Crippen LogP contribution in [0.25, 0.3) is 10.8 Å². The van der Waals surface area contributed by atoms with Gasteiger partial charge in [0, 0.05) is 28.4 Å². The molecule has 33 heavy (non-hydrogen) atoms. The van der Waals surface area contributed by atoms with Crippen LogP contribution in [0.5, 0.6) is 0 Å². The Balaban J connectivity index is 0.000000330. The van der Waals surface area contributed by atoms with Gasteiger partial charge in [-0.15, -0.1) is 0 Å². The van der Waals surface area contributed by atoms with Gasteiger partial charge in [0.1, 0.15) is 12.5 Å². The van der Waals surface area contributed by atoms with Crippen molar-refractivity contribution in [3.05, 3.63) is 46.5 Å². The van der Waals surface area contributed by atoms with E-state index >= 15 is 0 Å². The number of halogens is 9. The first-order valence-corrected chi connectivity index (χ1v) is 11.5. The molecule has 0 atom stereocenters. The monoisotopic (exact) mass is 533 g/mol. The Labute approximate surface area is 182 Å². The zero-order valence-electron chi connectivity index (χ0n) is 16.2. The lowest BCUT2D eigenvalue weighted by atomic mass is 10.1. The highest BCUT2D eigenvalue weighted by Crippen LogP contribution is 2.54. The smallest absolute Gasteiger partial charge is 0.460 e. The fraction of sp³-hybridized carbons (Fsp3) is 0.375. The maximum Gasteiger partial charge on any atom is 0.460 e. The van der Waals surface area contributed by atoms with Crippen LogP contribution in [0.1, 0.15) is 0 Å². The van der Waals surface area contributed by atoms with Crippen LogP contribution in [0.2, 0.25) is 0 Å². The standard InChI is InChI=1S/C12H12NO2S.C4HF9O3S/c1-16(2)12-8-7-11(13(14)15)9-5-3-4-6-10(9)12;5-1(6,3(9,10)11)2(7,8)4(12,13)17(14,15)16/h3-8H,1-2H3;(H,14,15,16)/q+1;/p-1. The molecule has 0 unspecified atom stereocenters. The van der Waals surface area contributed by atoms with E-state index in [0.29, 0.717) is 0 Å². The molecule has 0 saturated heterocycles. The van der Waals surface area contributed by atoms with E-state index in [4.69, 9.17) is 0 Å². The minimum atomic E-state index is -7.43. The number of non-ortho nitro benzene ring substituents is 1. The van der Waals surface area contributed by atoms with Gasteiger partial charge in [-0.3, -0.25) is 10.1 Å². The molecule has 0 bridgehead atoms. The predicted octanol–water partition coefficient (Wildman–Crippen LogP) is 4.94. The van der Waals surface area contributed by atoms with E-state index in [1.54, 1.807) is 6.07 Å². The zero-order chi connectivity index (χ0) is 26.2. The highest BCUT2D eigenvalue weighted by atomic mass is 32.2. The number of nitro groups is 1. The molecule has 0 aromatic heterocycles. The molecule has 2 rings (SSSR count). The quantitative estimate of drug-likeness (QED) is 0.178. The summed E-state index contributed by atoms with van der Waals surface area (Å²) < 4.78 is 135. The Morgan fingerprint density at radius 3 is 1.64 bits per heavy atom. The van der Waals surface area contributed by atoms with E-state index in [2.05, 4.69) is 12.5 Å². The number of alkyl halides is 9. The van der Waals surface area contributed by atoms with Gasteiger partial charge < -0.3 is 4.55 Å². The van der Waals surface area contributed by atoms with Crippen LogP contribution in [0, 0.1) is 10.1 Å². The Morgan fingerprint density at radius 2 is 1.27 bits per heavy atom. The summed E-state index contributed by atoms with van der Waals surface area (Å²) in [5, 5.41) is 5.51. The minimum absolute atomic E-state index is 0.102. The summed E-state index contributed by atoms with van der Waals surface area (Å²) in [4.78, 5) is 11.8. The highest BCUT2D eigenvalue weighted by Gasteiger charge is 2.83. The first-order chi connectivity index (χ1) is 14.6. The summed E-state index contributed by atoms with van der Waals surface area (Å²) in [6, 6.07) is 11.0. The van der Waals surface area contributed by atoms with Crippen molar-refractivity contribution in [1.82, 2.24) is 0 Å². The third kappa shape index (κ3) is 5.29. The van der Waals surface area contributed by atoms with E-state index in [0.717, 1.165) is 10.8 Å². The molecule has 0 N–H and O–H groups in total. The van der Waals surface area contributed by atoms with Gasteiger partial charge in [0.05, 0.1) is 10.3 Å². The second-order valence-electron chi connectivity index (χ2n) is 6.32. The van der Waals surface area contributed by atoms with Crippen LogP contribution < -0.4 is 0 Å². The lowest BCUT2D eigenvalue weighted by Gasteiger charge is -2.34. The number of nitrogens with zero attached hydrogens (tertiary/aromatic N) is 1. The average molecular weight is 533 g/mol. The first-order valence-electron chi connectivity index (χ1n) is 8.00. The molecule has 0 amide bonds. The van der Waals surface area contributed by atoms with Crippen LogP contribution in [0.4, 0.5) is 45.2 Å². The number of nitro benzene ring substituents is 1. The van der Waals surface area contributed by atoms with Crippen molar-refractivity contribution in [3.63, 3.8) is 0 Å². The summed E-state index contributed by atoms with van der Waals surface area (Å²) in [7, 11) is -7.31. The van der Waals surface area contributed by atoms with Crippen molar-refractivity contribution in [2.45, 2.75) is 28.2 Å². The fourth-order valence-corrected chi connectivity index (χ4v) is 3.69. The van der Waals surface area contributed by atoms with Crippen molar-refractivity contribution in [3.8, 4) is 0 Å². The fourth-order valence-electron chi connectivity index (χ4n) is 2.29. The van der Waals surface area contributed by atoms with E-state index in [1.165, 1.54) is 4.90 Å². The maximum atomic E-state index is 12.2. The number of hydrogen-bond donors (Lipinski definition) is 0. The summed E-state index contributed by atoms with van der Waals surface area (Å²) in [6.45, 7) is 0. The molecule has 0 fully saturated rings. The van der Waals surface area contributed by atoms with Crippen LogP contribution in [0.15, 0.2) is 41.3 Å². The van der Waals surface area contributed by atoms with Gasteiger partial charge in [-0.05, 0) is 12.1 Å². The number of rotatable bonds is 5. The molecule has 17 heteroatoms. The van der Waals surface area contributed by atoms with Crippen molar-refractivity contribution < 1.29 is 57.4 Å². The Morgan fingerprint density at radius 1 is 0.818 bits per heavy atom. The first kappa shape index (κ1) is 28.8. The molecule has 0 heterocycles. The van der Waals surface area contributed by atoms with Crippen LogP contribution >= 0.6 is 0 Å². The van der Waals surface area contributed by atoms with Gasteiger partial charge in [-0.25, -0.2) is 8.42 Å². The normalized spacial score (nSPS) is 13.6. The second kappa shape index (κ2) is 9.17.